The average Bonchev–Trinajstić information content (AvgIpc) is 2.78. The van der Waals surface area contributed by atoms with Crippen molar-refractivity contribution in [3.05, 3.63) is 61.2 Å². The van der Waals surface area contributed by atoms with E-state index in [1.54, 1.807) is 7.11 Å². The van der Waals surface area contributed by atoms with Gasteiger partial charge in [-0.2, -0.15) is 0 Å². The van der Waals surface area contributed by atoms with Crippen LogP contribution in [0.15, 0.2) is 61.2 Å². The van der Waals surface area contributed by atoms with E-state index < -0.39 is 18.4 Å². The second kappa shape index (κ2) is 16.5. The van der Waals surface area contributed by atoms with Crippen LogP contribution < -0.4 is 9.47 Å². The van der Waals surface area contributed by atoms with E-state index in [4.69, 9.17) is 9.47 Å². The van der Waals surface area contributed by atoms with Gasteiger partial charge in [-0.05, 0) is 0 Å². The van der Waals surface area contributed by atoms with Crippen LogP contribution in [0.4, 0.5) is 0 Å². The van der Waals surface area contributed by atoms with Crippen LogP contribution in [0, 0.1) is 0 Å². The summed E-state index contributed by atoms with van der Waals surface area (Å²) in [4.78, 5) is 0. The standard InChI is InChI=1S/C16H19O2.3C4H9.Sn/c1-5-6-7-16(12-13(2)3)18-15-10-8-14(17-4)9-11-15;3*1-3-4-2;/h5-11,16H,1-3,12H2,4H3;3*1,3-4H2,2H3;/b7-6+;;;;/t16-;;;;/m1..../s1. The molecule has 31 heavy (non-hydrogen) atoms. The van der Waals surface area contributed by atoms with Gasteiger partial charge in [-0.3, -0.25) is 0 Å². The van der Waals surface area contributed by atoms with E-state index in [1.165, 1.54) is 61.8 Å². The van der Waals surface area contributed by atoms with Gasteiger partial charge in [0.05, 0.1) is 0 Å². The Balaban J connectivity index is 2.92. The summed E-state index contributed by atoms with van der Waals surface area (Å²) >= 11 is -2.23. The van der Waals surface area contributed by atoms with Gasteiger partial charge in [0.2, 0.25) is 0 Å². The molecule has 0 N–H and O–H groups in total. The Morgan fingerprint density at radius 3 is 1.90 bits per heavy atom. The quantitative estimate of drug-likeness (QED) is 0.107. The third kappa shape index (κ3) is 11.3. The zero-order valence-corrected chi connectivity index (χ0v) is 23.5. The second-order valence-electron chi connectivity index (χ2n) is 8.89. The fraction of sp³-hybridized carbons (Fsp3) is 0.571. The van der Waals surface area contributed by atoms with Crippen LogP contribution in [0.25, 0.3) is 0 Å². The van der Waals surface area contributed by atoms with Crippen molar-refractivity contribution in [1.29, 1.82) is 0 Å². The number of rotatable bonds is 18. The molecular weight excluding hydrogens is 487 g/mol. The van der Waals surface area contributed by atoms with Gasteiger partial charge in [0, 0.05) is 0 Å². The first-order chi connectivity index (χ1) is 15.0. The molecule has 1 atom stereocenters. The van der Waals surface area contributed by atoms with Gasteiger partial charge in [0.25, 0.3) is 0 Å². The number of benzene rings is 1. The number of methoxy groups -OCH3 is 1. The van der Waals surface area contributed by atoms with E-state index in [0.717, 1.165) is 17.9 Å². The fourth-order valence-corrected chi connectivity index (χ4v) is 20.9. The Kier molecular flexibility index (Phi) is 14.8. The monoisotopic (exact) mass is 534 g/mol. The molecule has 0 unspecified atom stereocenters. The molecule has 0 bridgehead atoms. The summed E-state index contributed by atoms with van der Waals surface area (Å²) in [5.41, 5.74) is 1.39. The van der Waals surface area contributed by atoms with Crippen molar-refractivity contribution in [3.63, 3.8) is 0 Å². The van der Waals surface area contributed by atoms with E-state index in [0.29, 0.717) is 0 Å². The maximum absolute atomic E-state index is 6.32. The minimum absolute atomic E-state index is 0.00796. The van der Waals surface area contributed by atoms with Crippen LogP contribution in [-0.2, 0) is 0 Å². The van der Waals surface area contributed by atoms with Crippen molar-refractivity contribution < 1.29 is 9.47 Å². The third-order valence-electron chi connectivity index (χ3n) is 6.11. The molecule has 3 heteroatoms. The number of allylic oxidation sites excluding steroid dienone is 2. The van der Waals surface area contributed by atoms with Crippen LogP contribution in [0.2, 0.25) is 17.7 Å². The first-order valence-corrected chi connectivity index (χ1v) is 20.4. The van der Waals surface area contributed by atoms with Gasteiger partial charge in [-0.1, -0.05) is 0 Å². The van der Waals surface area contributed by atoms with Crippen molar-refractivity contribution >= 4 is 18.4 Å². The number of unbranched alkanes of at least 4 members (excludes halogenated alkanes) is 3. The first kappa shape index (κ1) is 27.9. The number of hydrogen-bond acceptors (Lipinski definition) is 2. The van der Waals surface area contributed by atoms with Gasteiger partial charge in [-0.25, -0.2) is 0 Å². The van der Waals surface area contributed by atoms with Gasteiger partial charge in [0.15, 0.2) is 0 Å². The normalized spacial score (nSPS) is 12.6. The van der Waals surface area contributed by atoms with Crippen LogP contribution in [0.5, 0.6) is 11.5 Å². The van der Waals surface area contributed by atoms with E-state index in [2.05, 4.69) is 40.0 Å². The van der Waals surface area contributed by atoms with Crippen molar-refractivity contribution in [3.8, 4) is 11.5 Å². The summed E-state index contributed by atoms with van der Waals surface area (Å²) in [6.45, 7) is 15.4. The molecule has 0 saturated heterocycles. The Bertz CT molecular complexity index is 626. The van der Waals surface area contributed by atoms with Crippen LogP contribution >= 0.6 is 0 Å². The summed E-state index contributed by atoms with van der Waals surface area (Å²) in [5.74, 6) is 1.71. The van der Waals surface area contributed by atoms with Crippen molar-refractivity contribution in [2.45, 2.75) is 89.6 Å². The molecule has 0 aliphatic carbocycles. The van der Waals surface area contributed by atoms with Crippen LogP contribution in [-0.4, -0.2) is 31.6 Å². The topological polar surface area (TPSA) is 18.5 Å². The molecule has 0 aromatic heterocycles. The molecule has 1 aromatic rings. The molecule has 0 radical (unpaired) electrons. The van der Waals surface area contributed by atoms with Gasteiger partial charge < -0.3 is 0 Å². The SMILES string of the molecule is C=C/C=C/[C@H](CC(=C)[CH2][Sn]([CH2]CCC)([CH2]CCC)[CH2]CCC)Oc1ccc(OC)cc1. The van der Waals surface area contributed by atoms with E-state index in [-0.39, 0.29) is 6.10 Å². The third-order valence-corrected chi connectivity index (χ3v) is 21.8. The van der Waals surface area contributed by atoms with Gasteiger partial charge in [-0.15, -0.1) is 0 Å². The van der Waals surface area contributed by atoms with Crippen molar-refractivity contribution in [2.75, 3.05) is 7.11 Å². The summed E-state index contributed by atoms with van der Waals surface area (Å²) in [6.07, 6.45) is 15.0. The number of hydrogen-bond donors (Lipinski definition) is 0. The summed E-state index contributed by atoms with van der Waals surface area (Å²) in [6, 6.07) is 7.84. The van der Waals surface area contributed by atoms with Crippen molar-refractivity contribution in [2.24, 2.45) is 0 Å². The molecule has 174 valence electrons. The predicted octanol–water partition coefficient (Wildman–Crippen LogP) is 8.98. The van der Waals surface area contributed by atoms with Gasteiger partial charge in [0.1, 0.15) is 0 Å². The zero-order chi connectivity index (χ0) is 23.0. The van der Waals surface area contributed by atoms with Gasteiger partial charge >= 0.3 is 197 Å². The zero-order valence-electron chi connectivity index (χ0n) is 20.6. The van der Waals surface area contributed by atoms with Crippen LogP contribution in [0.3, 0.4) is 0 Å². The summed E-state index contributed by atoms with van der Waals surface area (Å²) in [5, 5.41) is 0. The molecule has 2 nitrogen and oxygen atoms in total. The Morgan fingerprint density at radius 2 is 1.45 bits per heavy atom. The van der Waals surface area contributed by atoms with E-state index in [9.17, 15) is 0 Å². The molecule has 0 fully saturated rings. The fourth-order valence-electron chi connectivity index (χ4n) is 4.36. The molecule has 0 aliphatic rings. The summed E-state index contributed by atoms with van der Waals surface area (Å²) in [7, 11) is 1.68. The van der Waals surface area contributed by atoms with E-state index >= 15 is 0 Å². The predicted molar refractivity (Wildman–Crippen MR) is 140 cm³/mol. The van der Waals surface area contributed by atoms with E-state index in [1.807, 2.05) is 36.4 Å². The number of ether oxygens (including phenoxy) is 2. The molecule has 0 aliphatic heterocycles. The molecule has 0 spiro atoms. The Morgan fingerprint density at radius 1 is 0.935 bits per heavy atom. The Labute approximate surface area is 196 Å². The van der Waals surface area contributed by atoms with Crippen LogP contribution in [0.1, 0.15) is 65.7 Å². The average molecular weight is 533 g/mol. The molecule has 0 heterocycles. The molecular formula is C28H46O2Sn. The minimum atomic E-state index is -2.23. The van der Waals surface area contributed by atoms with Crippen molar-refractivity contribution in [1.82, 2.24) is 0 Å². The molecule has 0 amide bonds. The second-order valence-corrected chi connectivity index (χ2v) is 22.7. The molecule has 1 aromatic carbocycles. The maximum atomic E-state index is 6.32. The Hall–Kier alpha value is -1.16. The molecule has 0 saturated carbocycles. The summed E-state index contributed by atoms with van der Waals surface area (Å²) < 4.78 is 17.5. The first-order valence-electron chi connectivity index (χ1n) is 12.3. The molecule has 1 rings (SSSR count).